The van der Waals surface area contributed by atoms with Crippen molar-refractivity contribution >= 4 is 44.3 Å². The summed E-state index contributed by atoms with van der Waals surface area (Å²) in [5.74, 6) is -0.335. The molecule has 0 bridgehead atoms. The van der Waals surface area contributed by atoms with E-state index in [9.17, 15) is 13.2 Å². The lowest BCUT2D eigenvalue weighted by molar-refractivity contribution is 0.102. The molecule has 0 fully saturated rings. The Balaban J connectivity index is 1.73. The average Bonchev–Trinajstić information content (AvgIpc) is 3.26. The zero-order valence-electron chi connectivity index (χ0n) is 12.5. The molecule has 0 unspecified atom stereocenters. The third-order valence-corrected chi connectivity index (χ3v) is 6.47. The van der Waals surface area contributed by atoms with Gasteiger partial charge in [-0.1, -0.05) is 6.07 Å². The number of sulfonamides is 1. The van der Waals surface area contributed by atoms with Crippen molar-refractivity contribution in [1.29, 1.82) is 0 Å². The van der Waals surface area contributed by atoms with Crippen molar-refractivity contribution in [1.82, 2.24) is 9.71 Å². The molecule has 0 spiro atoms. The summed E-state index contributed by atoms with van der Waals surface area (Å²) in [5.41, 5.74) is 0.830. The van der Waals surface area contributed by atoms with E-state index in [4.69, 9.17) is 0 Å². The summed E-state index contributed by atoms with van der Waals surface area (Å²) in [6, 6.07) is 9.82. The van der Waals surface area contributed by atoms with E-state index in [-0.39, 0.29) is 10.8 Å². The molecule has 24 heavy (non-hydrogen) atoms. The zero-order valence-corrected chi connectivity index (χ0v) is 15.0. The van der Waals surface area contributed by atoms with E-state index in [1.807, 2.05) is 17.5 Å². The highest BCUT2D eigenvalue weighted by atomic mass is 32.2. The summed E-state index contributed by atoms with van der Waals surface area (Å²) in [6.45, 7) is 0. The molecule has 0 aliphatic carbocycles. The van der Waals surface area contributed by atoms with E-state index in [2.05, 4.69) is 15.0 Å². The van der Waals surface area contributed by atoms with Gasteiger partial charge in [-0.2, -0.15) is 0 Å². The molecule has 2 heterocycles. The first-order valence-corrected chi connectivity index (χ1v) is 10.1. The van der Waals surface area contributed by atoms with Crippen LogP contribution < -0.4 is 10.0 Å². The molecule has 3 rings (SSSR count). The van der Waals surface area contributed by atoms with Gasteiger partial charge < -0.3 is 5.32 Å². The molecule has 124 valence electrons. The number of benzene rings is 1. The molecule has 6 nitrogen and oxygen atoms in total. The predicted molar refractivity (Wildman–Crippen MR) is 96.1 cm³/mol. The number of nitrogens with zero attached hydrogens (tertiary/aromatic N) is 1. The van der Waals surface area contributed by atoms with Crippen molar-refractivity contribution in [2.75, 3.05) is 12.4 Å². The number of amides is 1. The Labute approximate surface area is 147 Å². The normalized spacial score (nSPS) is 11.4. The number of hydrogen-bond acceptors (Lipinski definition) is 6. The molecule has 0 aliphatic rings. The summed E-state index contributed by atoms with van der Waals surface area (Å²) in [6.07, 6.45) is 0. The third kappa shape index (κ3) is 3.54. The second kappa shape index (κ2) is 6.81. The molecule has 2 N–H and O–H groups in total. The number of hydrogen-bond donors (Lipinski definition) is 2. The van der Waals surface area contributed by atoms with Gasteiger partial charge in [0.25, 0.3) is 5.91 Å². The maximum atomic E-state index is 12.2. The molecule has 1 aromatic carbocycles. The highest BCUT2D eigenvalue weighted by Crippen LogP contribution is 2.28. The van der Waals surface area contributed by atoms with Gasteiger partial charge in [0, 0.05) is 11.1 Å². The topological polar surface area (TPSA) is 88.2 Å². The van der Waals surface area contributed by atoms with Crippen molar-refractivity contribution in [3.8, 4) is 9.88 Å². The molecule has 2 aromatic heterocycles. The van der Waals surface area contributed by atoms with Crippen LogP contribution in [0.1, 0.15) is 10.5 Å². The molecule has 0 saturated heterocycles. The second-order valence-corrected chi connectivity index (χ2v) is 8.39. The Morgan fingerprint density at radius 2 is 1.88 bits per heavy atom. The Morgan fingerprint density at radius 3 is 2.50 bits per heavy atom. The number of thiazole rings is 1. The smallest absolute Gasteiger partial charge is 0.275 e. The Bertz CT molecular complexity index is 946. The van der Waals surface area contributed by atoms with Crippen molar-refractivity contribution in [2.45, 2.75) is 4.90 Å². The average molecular weight is 379 g/mol. The Morgan fingerprint density at radius 1 is 1.12 bits per heavy atom. The molecule has 0 saturated carbocycles. The zero-order chi connectivity index (χ0) is 17.2. The van der Waals surface area contributed by atoms with Crippen LogP contribution in [0.15, 0.2) is 52.1 Å². The summed E-state index contributed by atoms with van der Waals surface area (Å²) in [7, 11) is -2.14. The fourth-order valence-electron chi connectivity index (χ4n) is 1.92. The molecule has 0 radical (unpaired) electrons. The number of aromatic nitrogens is 1. The lowest BCUT2D eigenvalue weighted by Gasteiger charge is -2.05. The largest absolute Gasteiger partial charge is 0.321 e. The van der Waals surface area contributed by atoms with Crippen molar-refractivity contribution < 1.29 is 13.2 Å². The Hall–Kier alpha value is -2.07. The van der Waals surface area contributed by atoms with Crippen molar-refractivity contribution in [3.05, 3.63) is 52.9 Å². The maximum Gasteiger partial charge on any atom is 0.275 e. The van der Waals surface area contributed by atoms with E-state index in [1.54, 1.807) is 16.7 Å². The van der Waals surface area contributed by atoms with Gasteiger partial charge in [-0.15, -0.1) is 22.7 Å². The van der Waals surface area contributed by atoms with Crippen LogP contribution >= 0.6 is 22.7 Å². The van der Waals surface area contributed by atoms with E-state index in [1.165, 1.54) is 42.6 Å². The molecule has 0 atom stereocenters. The van der Waals surface area contributed by atoms with E-state index in [0.29, 0.717) is 11.4 Å². The molecular formula is C15H13N3O3S3. The van der Waals surface area contributed by atoms with E-state index >= 15 is 0 Å². The number of thiophene rings is 1. The fraction of sp³-hybridized carbons (Fsp3) is 0.0667. The van der Waals surface area contributed by atoms with Gasteiger partial charge in [-0.25, -0.2) is 18.1 Å². The van der Waals surface area contributed by atoms with Gasteiger partial charge in [0.15, 0.2) is 0 Å². The van der Waals surface area contributed by atoms with Crippen LogP contribution in [0.3, 0.4) is 0 Å². The van der Waals surface area contributed by atoms with Gasteiger partial charge in [-0.3, -0.25) is 4.79 Å². The summed E-state index contributed by atoms with van der Waals surface area (Å²) < 4.78 is 25.6. The highest BCUT2D eigenvalue weighted by Gasteiger charge is 2.14. The van der Waals surface area contributed by atoms with Crippen molar-refractivity contribution in [2.24, 2.45) is 0 Å². The standard InChI is InChI=1S/C15H13N3O3S3/c1-16-24(20,21)11-6-4-10(5-7-11)17-14(19)12-9-23-15(18-12)13-3-2-8-22-13/h2-9,16H,1H3,(H,17,19). The van der Waals surface area contributed by atoms with Crippen LogP contribution in [0.4, 0.5) is 5.69 Å². The van der Waals surface area contributed by atoms with Gasteiger partial charge in [0.05, 0.1) is 9.77 Å². The van der Waals surface area contributed by atoms with Crippen LogP contribution in [0.25, 0.3) is 9.88 Å². The van der Waals surface area contributed by atoms with Gasteiger partial charge in [0.2, 0.25) is 10.0 Å². The van der Waals surface area contributed by atoms with Crippen molar-refractivity contribution in [3.63, 3.8) is 0 Å². The summed E-state index contributed by atoms with van der Waals surface area (Å²) >= 11 is 2.97. The van der Waals surface area contributed by atoms with Gasteiger partial charge in [-0.05, 0) is 42.8 Å². The molecule has 3 aromatic rings. The number of carbonyl (C=O) groups excluding carboxylic acids is 1. The quantitative estimate of drug-likeness (QED) is 0.713. The SMILES string of the molecule is CNS(=O)(=O)c1ccc(NC(=O)c2csc(-c3cccs3)n2)cc1. The van der Waals surface area contributed by atoms with Crippen LogP contribution in [-0.4, -0.2) is 26.4 Å². The first-order valence-electron chi connectivity index (χ1n) is 6.84. The molecular weight excluding hydrogens is 366 g/mol. The van der Waals surface area contributed by atoms with E-state index in [0.717, 1.165) is 9.88 Å². The minimum Gasteiger partial charge on any atom is -0.321 e. The first-order chi connectivity index (χ1) is 11.5. The maximum absolute atomic E-state index is 12.2. The Kier molecular flexibility index (Phi) is 4.76. The minimum atomic E-state index is -3.49. The second-order valence-electron chi connectivity index (χ2n) is 4.70. The first kappa shape index (κ1) is 16.8. The highest BCUT2D eigenvalue weighted by molar-refractivity contribution is 7.89. The fourth-order valence-corrected chi connectivity index (χ4v) is 4.27. The van der Waals surface area contributed by atoms with Crippen LogP contribution in [0.2, 0.25) is 0 Å². The number of nitrogens with one attached hydrogen (secondary N) is 2. The van der Waals surface area contributed by atoms with Gasteiger partial charge in [0.1, 0.15) is 10.7 Å². The van der Waals surface area contributed by atoms with E-state index < -0.39 is 10.0 Å². The van der Waals surface area contributed by atoms with Crippen LogP contribution in [-0.2, 0) is 10.0 Å². The molecule has 1 amide bonds. The number of rotatable bonds is 5. The summed E-state index contributed by atoms with van der Waals surface area (Å²) in [5, 5.41) is 7.16. The lowest BCUT2D eigenvalue weighted by Crippen LogP contribution is -2.18. The summed E-state index contributed by atoms with van der Waals surface area (Å²) in [4.78, 5) is 17.7. The molecule has 9 heteroatoms. The number of anilines is 1. The lowest BCUT2D eigenvalue weighted by atomic mass is 10.3. The van der Waals surface area contributed by atoms with Crippen LogP contribution in [0.5, 0.6) is 0 Å². The predicted octanol–water partition coefficient (Wildman–Crippen LogP) is 3.03. The van der Waals surface area contributed by atoms with Gasteiger partial charge >= 0.3 is 0 Å². The molecule has 0 aliphatic heterocycles. The third-order valence-electron chi connectivity index (χ3n) is 3.16. The van der Waals surface area contributed by atoms with Crippen LogP contribution in [0, 0.1) is 0 Å². The monoisotopic (exact) mass is 379 g/mol. The number of carbonyl (C=O) groups is 1. The minimum absolute atomic E-state index is 0.136.